The Morgan fingerprint density at radius 1 is 1.35 bits per heavy atom. The van der Waals surface area contributed by atoms with Crippen molar-refractivity contribution in [1.29, 1.82) is 0 Å². The second-order valence-corrected chi connectivity index (χ2v) is 5.13. The van der Waals surface area contributed by atoms with E-state index in [4.69, 9.17) is 5.73 Å². The average Bonchev–Trinajstić information content (AvgIpc) is 2.31. The fourth-order valence-electron chi connectivity index (χ4n) is 2.64. The topological polar surface area (TPSA) is 29.3 Å². The van der Waals surface area contributed by atoms with Gasteiger partial charge in [0.15, 0.2) is 0 Å². The number of anilines is 1. The minimum atomic E-state index is -0.128. The van der Waals surface area contributed by atoms with Crippen LogP contribution < -0.4 is 10.6 Å². The van der Waals surface area contributed by atoms with Crippen LogP contribution in [-0.2, 0) is 0 Å². The van der Waals surface area contributed by atoms with E-state index >= 15 is 0 Å². The number of hydrogen-bond donors (Lipinski definition) is 1. The van der Waals surface area contributed by atoms with E-state index in [1.807, 2.05) is 13.0 Å². The highest BCUT2D eigenvalue weighted by Gasteiger charge is 2.31. The van der Waals surface area contributed by atoms with E-state index in [0.29, 0.717) is 12.0 Å². The smallest absolute Gasteiger partial charge is 0.128 e. The summed E-state index contributed by atoms with van der Waals surface area (Å²) in [7, 11) is 0. The summed E-state index contributed by atoms with van der Waals surface area (Å²) >= 11 is 0. The third kappa shape index (κ3) is 2.16. The predicted molar refractivity (Wildman–Crippen MR) is 69.7 cm³/mol. The first kappa shape index (κ1) is 12.4. The molecule has 0 saturated carbocycles. The molecule has 2 N–H and O–H groups in total. The Hall–Kier alpha value is -1.09. The number of hydrogen-bond acceptors (Lipinski definition) is 2. The van der Waals surface area contributed by atoms with Crippen LogP contribution in [0.25, 0.3) is 0 Å². The van der Waals surface area contributed by atoms with E-state index in [1.165, 1.54) is 6.07 Å². The van der Waals surface area contributed by atoms with Crippen LogP contribution in [0.5, 0.6) is 0 Å². The number of benzene rings is 1. The third-order valence-corrected chi connectivity index (χ3v) is 4.18. The van der Waals surface area contributed by atoms with Gasteiger partial charge in [-0.05, 0) is 38.3 Å². The maximum absolute atomic E-state index is 13.6. The largest absolute Gasteiger partial charge is 0.368 e. The lowest BCUT2D eigenvalue weighted by Gasteiger charge is -2.43. The summed E-state index contributed by atoms with van der Waals surface area (Å²) in [5, 5.41) is 0. The fraction of sp³-hybridized carbons (Fsp3) is 0.571. The Morgan fingerprint density at radius 2 is 2.06 bits per heavy atom. The first-order valence-electron chi connectivity index (χ1n) is 6.29. The zero-order valence-electron chi connectivity index (χ0n) is 10.8. The van der Waals surface area contributed by atoms with Crippen LogP contribution in [0.15, 0.2) is 18.2 Å². The van der Waals surface area contributed by atoms with Crippen LogP contribution >= 0.6 is 0 Å². The molecule has 0 aliphatic carbocycles. The Kier molecular flexibility index (Phi) is 3.38. The van der Waals surface area contributed by atoms with E-state index in [1.54, 1.807) is 6.07 Å². The van der Waals surface area contributed by atoms with Crippen LogP contribution in [-0.4, -0.2) is 18.6 Å². The highest BCUT2D eigenvalue weighted by atomic mass is 19.1. The third-order valence-electron chi connectivity index (χ3n) is 4.18. The minimum absolute atomic E-state index is 0.128. The summed E-state index contributed by atoms with van der Waals surface area (Å²) in [6.45, 7) is 7.11. The van der Waals surface area contributed by atoms with E-state index in [0.717, 1.165) is 24.2 Å². The zero-order chi connectivity index (χ0) is 12.6. The van der Waals surface area contributed by atoms with Gasteiger partial charge in [0.25, 0.3) is 0 Å². The van der Waals surface area contributed by atoms with Gasteiger partial charge < -0.3 is 10.6 Å². The number of piperidine rings is 1. The molecule has 1 saturated heterocycles. The molecule has 1 aliphatic heterocycles. The van der Waals surface area contributed by atoms with Crippen LogP contribution in [0.2, 0.25) is 0 Å². The number of rotatable bonds is 1. The summed E-state index contributed by atoms with van der Waals surface area (Å²) < 4.78 is 13.6. The molecule has 1 aromatic carbocycles. The minimum Gasteiger partial charge on any atom is -0.368 e. The molecule has 0 spiro atoms. The second kappa shape index (κ2) is 4.65. The van der Waals surface area contributed by atoms with Gasteiger partial charge in [0.2, 0.25) is 0 Å². The van der Waals surface area contributed by atoms with Gasteiger partial charge in [-0.2, -0.15) is 0 Å². The molecule has 1 heterocycles. The predicted octanol–water partition coefficient (Wildman–Crippen LogP) is 2.70. The standard InChI is InChI=1S/C14H21FN2/c1-9-11(3)17(8-7-13(9)16)14-6-4-5-12(15)10(14)2/h4-6,9,11,13H,7-8,16H2,1-3H3. The van der Waals surface area contributed by atoms with Crippen LogP contribution in [0.3, 0.4) is 0 Å². The van der Waals surface area contributed by atoms with Gasteiger partial charge in [-0.3, -0.25) is 0 Å². The van der Waals surface area contributed by atoms with E-state index in [9.17, 15) is 4.39 Å². The zero-order valence-corrected chi connectivity index (χ0v) is 10.8. The first-order valence-corrected chi connectivity index (χ1v) is 6.29. The van der Waals surface area contributed by atoms with Crippen molar-refractivity contribution in [3.05, 3.63) is 29.6 Å². The molecule has 3 heteroatoms. The van der Waals surface area contributed by atoms with Crippen LogP contribution in [0, 0.1) is 18.7 Å². The van der Waals surface area contributed by atoms with Crippen LogP contribution in [0.1, 0.15) is 25.8 Å². The van der Waals surface area contributed by atoms with Crippen molar-refractivity contribution in [3.63, 3.8) is 0 Å². The van der Waals surface area contributed by atoms with E-state index < -0.39 is 0 Å². The molecule has 3 atom stereocenters. The Bertz CT molecular complexity index is 405. The highest BCUT2D eigenvalue weighted by molar-refractivity contribution is 5.54. The summed E-state index contributed by atoms with van der Waals surface area (Å²) in [6.07, 6.45) is 0.974. The Labute approximate surface area is 103 Å². The van der Waals surface area contributed by atoms with Crippen molar-refractivity contribution >= 4 is 5.69 Å². The molecule has 17 heavy (non-hydrogen) atoms. The molecule has 1 fully saturated rings. The molecule has 1 aromatic rings. The molecule has 3 unspecified atom stereocenters. The molecule has 0 radical (unpaired) electrons. The maximum atomic E-state index is 13.6. The van der Waals surface area contributed by atoms with Crippen molar-refractivity contribution in [2.24, 2.45) is 11.7 Å². The molecule has 0 amide bonds. The van der Waals surface area contributed by atoms with Crippen molar-refractivity contribution in [1.82, 2.24) is 0 Å². The maximum Gasteiger partial charge on any atom is 0.128 e. The molecule has 0 bridgehead atoms. The average molecular weight is 236 g/mol. The molecular formula is C14H21FN2. The summed E-state index contributed by atoms with van der Waals surface area (Å²) in [5.41, 5.74) is 7.82. The molecule has 1 aliphatic rings. The first-order chi connectivity index (χ1) is 8.02. The SMILES string of the molecule is Cc1c(F)cccc1N1CCC(N)C(C)C1C. The fourth-order valence-corrected chi connectivity index (χ4v) is 2.64. The lowest BCUT2D eigenvalue weighted by molar-refractivity contribution is 0.315. The Morgan fingerprint density at radius 3 is 2.76 bits per heavy atom. The van der Waals surface area contributed by atoms with Crippen molar-refractivity contribution in [3.8, 4) is 0 Å². The Balaban J connectivity index is 2.31. The normalized spacial score (nSPS) is 29.5. The number of halogens is 1. The van der Waals surface area contributed by atoms with Gasteiger partial charge in [0.1, 0.15) is 5.82 Å². The monoisotopic (exact) mass is 236 g/mol. The van der Waals surface area contributed by atoms with E-state index in [-0.39, 0.29) is 11.9 Å². The van der Waals surface area contributed by atoms with E-state index in [2.05, 4.69) is 18.7 Å². The van der Waals surface area contributed by atoms with Gasteiger partial charge in [-0.1, -0.05) is 13.0 Å². The second-order valence-electron chi connectivity index (χ2n) is 5.13. The van der Waals surface area contributed by atoms with Gasteiger partial charge in [-0.25, -0.2) is 4.39 Å². The van der Waals surface area contributed by atoms with Gasteiger partial charge in [0, 0.05) is 29.9 Å². The quantitative estimate of drug-likeness (QED) is 0.812. The molecule has 2 rings (SSSR count). The van der Waals surface area contributed by atoms with Crippen molar-refractivity contribution in [2.75, 3.05) is 11.4 Å². The lowest BCUT2D eigenvalue weighted by atomic mass is 9.87. The molecular weight excluding hydrogens is 215 g/mol. The number of nitrogens with zero attached hydrogens (tertiary/aromatic N) is 1. The molecule has 0 aromatic heterocycles. The summed E-state index contributed by atoms with van der Waals surface area (Å²) in [5.74, 6) is 0.309. The van der Waals surface area contributed by atoms with Gasteiger partial charge >= 0.3 is 0 Å². The van der Waals surface area contributed by atoms with Crippen LogP contribution in [0.4, 0.5) is 10.1 Å². The van der Waals surface area contributed by atoms with Gasteiger partial charge in [0.05, 0.1) is 0 Å². The number of nitrogens with two attached hydrogens (primary N) is 1. The summed E-state index contributed by atoms with van der Waals surface area (Å²) in [4.78, 5) is 2.28. The molecule has 94 valence electrons. The lowest BCUT2D eigenvalue weighted by Crippen LogP contribution is -2.52. The van der Waals surface area contributed by atoms with Gasteiger partial charge in [-0.15, -0.1) is 0 Å². The highest BCUT2D eigenvalue weighted by Crippen LogP contribution is 2.30. The van der Waals surface area contributed by atoms with Crippen molar-refractivity contribution in [2.45, 2.75) is 39.3 Å². The van der Waals surface area contributed by atoms with Crippen molar-refractivity contribution < 1.29 is 4.39 Å². The summed E-state index contributed by atoms with van der Waals surface area (Å²) in [6, 6.07) is 5.92. The molecule has 2 nitrogen and oxygen atoms in total.